The number of carbonyl (C=O) groups excluding carboxylic acids is 2. The summed E-state index contributed by atoms with van der Waals surface area (Å²) in [6, 6.07) is 18.0. The van der Waals surface area contributed by atoms with E-state index in [2.05, 4.69) is 10.6 Å². The van der Waals surface area contributed by atoms with Gasteiger partial charge in [-0.2, -0.15) is 0 Å². The second-order valence-corrected chi connectivity index (χ2v) is 5.57. The third-order valence-electron chi connectivity index (χ3n) is 3.50. The van der Waals surface area contributed by atoms with E-state index in [1.165, 1.54) is 6.08 Å². The SMILES string of the molecule is O=C(O)CCNC(=O)/C(=C\C=C\c1ccccc1)NC(=O)c1ccccc1. The Labute approximate surface area is 157 Å². The Bertz CT molecular complexity index is 843. The summed E-state index contributed by atoms with van der Waals surface area (Å²) in [6.07, 6.45) is 4.71. The summed E-state index contributed by atoms with van der Waals surface area (Å²) in [5.41, 5.74) is 1.38. The maximum absolute atomic E-state index is 12.3. The van der Waals surface area contributed by atoms with Gasteiger partial charge in [-0.05, 0) is 23.8 Å². The predicted molar refractivity (Wildman–Crippen MR) is 103 cm³/mol. The number of carboxylic acid groups (broad SMARTS) is 1. The highest BCUT2D eigenvalue weighted by molar-refractivity contribution is 6.03. The average Bonchev–Trinajstić information content (AvgIpc) is 2.68. The highest BCUT2D eigenvalue weighted by Crippen LogP contribution is 2.04. The lowest BCUT2D eigenvalue weighted by molar-refractivity contribution is -0.136. The Kier molecular flexibility index (Phi) is 7.53. The number of hydrogen-bond acceptors (Lipinski definition) is 3. The molecule has 2 aromatic rings. The van der Waals surface area contributed by atoms with Crippen LogP contribution in [0.25, 0.3) is 6.08 Å². The van der Waals surface area contributed by atoms with Gasteiger partial charge in [0, 0.05) is 12.1 Å². The van der Waals surface area contributed by atoms with Crippen LogP contribution in [0.2, 0.25) is 0 Å². The van der Waals surface area contributed by atoms with Gasteiger partial charge in [0.2, 0.25) is 0 Å². The Hall–Kier alpha value is -3.67. The van der Waals surface area contributed by atoms with E-state index in [9.17, 15) is 14.4 Å². The van der Waals surface area contributed by atoms with E-state index in [0.29, 0.717) is 5.56 Å². The van der Waals surface area contributed by atoms with Crippen molar-refractivity contribution in [2.24, 2.45) is 0 Å². The summed E-state index contributed by atoms with van der Waals surface area (Å²) >= 11 is 0. The zero-order chi connectivity index (χ0) is 19.5. The van der Waals surface area contributed by atoms with Gasteiger partial charge in [0.05, 0.1) is 6.42 Å². The van der Waals surface area contributed by atoms with Crippen molar-refractivity contribution >= 4 is 23.9 Å². The second-order valence-electron chi connectivity index (χ2n) is 5.57. The van der Waals surface area contributed by atoms with Crippen LogP contribution >= 0.6 is 0 Å². The Morgan fingerprint density at radius 1 is 0.926 bits per heavy atom. The lowest BCUT2D eigenvalue weighted by Gasteiger charge is -2.10. The van der Waals surface area contributed by atoms with Crippen LogP contribution in [0.15, 0.2) is 78.5 Å². The van der Waals surface area contributed by atoms with Crippen molar-refractivity contribution in [2.45, 2.75) is 6.42 Å². The monoisotopic (exact) mass is 364 g/mol. The number of allylic oxidation sites excluding steroid dienone is 2. The van der Waals surface area contributed by atoms with Gasteiger partial charge in [-0.1, -0.05) is 60.7 Å². The molecule has 138 valence electrons. The predicted octanol–water partition coefficient (Wildman–Crippen LogP) is 2.60. The van der Waals surface area contributed by atoms with Gasteiger partial charge < -0.3 is 15.7 Å². The van der Waals surface area contributed by atoms with Gasteiger partial charge >= 0.3 is 5.97 Å². The first-order valence-electron chi connectivity index (χ1n) is 8.36. The fourth-order valence-electron chi connectivity index (χ4n) is 2.16. The van der Waals surface area contributed by atoms with E-state index in [0.717, 1.165) is 5.56 Å². The summed E-state index contributed by atoms with van der Waals surface area (Å²) < 4.78 is 0. The molecular weight excluding hydrogens is 344 g/mol. The molecule has 0 atom stereocenters. The third-order valence-corrected chi connectivity index (χ3v) is 3.50. The molecule has 27 heavy (non-hydrogen) atoms. The van der Waals surface area contributed by atoms with E-state index >= 15 is 0 Å². The molecule has 0 fully saturated rings. The van der Waals surface area contributed by atoms with Gasteiger partial charge in [0.1, 0.15) is 5.70 Å². The smallest absolute Gasteiger partial charge is 0.305 e. The first kappa shape index (κ1) is 19.7. The molecule has 3 N–H and O–H groups in total. The topological polar surface area (TPSA) is 95.5 Å². The molecule has 2 rings (SSSR count). The molecule has 0 saturated heterocycles. The van der Waals surface area contributed by atoms with Crippen molar-refractivity contribution in [1.29, 1.82) is 0 Å². The van der Waals surface area contributed by atoms with Crippen LogP contribution in [0.4, 0.5) is 0 Å². The first-order chi connectivity index (χ1) is 13.1. The maximum atomic E-state index is 12.3. The van der Waals surface area contributed by atoms with E-state index in [1.54, 1.807) is 42.5 Å². The molecule has 0 saturated carbocycles. The molecule has 0 radical (unpaired) electrons. The van der Waals surface area contributed by atoms with E-state index in [4.69, 9.17) is 5.11 Å². The molecule has 0 aliphatic heterocycles. The van der Waals surface area contributed by atoms with Crippen LogP contribution in [-0.2, 0) is 9.59 Å². The standard InChI is InChI=1S/C21H20N2O4/c24-19(25)14-15-22-21(27)18(13-7-10-16-8-3-1-4-9-16)23-20(26)17-11-5-2-6-12-17/h1-13H,14-15H2,(H,22,27)(H,23,26)(H,24,25)/b10-7+,18-13+. The first-order valence-corrected chi connectivity index (χ1v) is 8.36. The number of carboxylic acids is 1. The van der Waals surface area contributed by atoms with Crippen molar-refractivity contribution in [3.63, 3.8) is 0 Å². The Balaban J connectivity index is 2.12. The van der Waals surface area contributed by atoms with Crippen LogP contribution < -0.4 is 10.6 Å². The van der Waals surface area contributed by atoms with E-state index in [-0.39, 0.29) is 18.7 Å². The lowest BCUT2D eigenvalue weighted by atomic mass is 10.2. The quantitative estimate of drug-likeness (QED) is 0.496. The van der Waals surface area contributed by atoms with Crippen LogP contribution in [0, 0.1) is 0 Å². The molecule has 0 aliphatic carbocycles. The minimum atomic E-state index is -1.02. The molecule has 0 unspecified atom stereocenters. The highest BCUT2D eigenvalue weighted by atomic mass is 16.4. The van der Waals surface area contributed by atoms with Gasteiger partial charge in [-0.25, -0.2) is 0 Å². The van der Waals surface area contributed by atoms with Crippen molar-refractivity contribution in [3.05, 3.63) is 89.6 Å². The number of aliphatic carboxylic acids is 1. The van der Waals surface area contributed by atoms with Gasteiger partial charge in [-0.3, -0.25) is 14.4 Å². The lowest BCUT2D eigenvalue weighted by Crippen LogP contribution is -2.35. The van der Waals surface area contributed by atoms with Crippen LogP contribution in [0.3, 0.4) is 0 Å². The summed E-state index contributed by atoms with van der Waals surface area (Å²) in [5, 5.41) is 13.7. The number of rotatable bonds is 8. The molecule has 6 heteroatoms. The third kappa shape index (κ3) is 6.99. The summed E-state index contributed by atoms with van der Waals surface area (Å²) in [4.78, 5) is 35.2. The van der Waals surface area contributed by atoms with Crippen molar-refractivity contribution in [2.75, 3.05) is 6.54 Å². The highest BCUT2D eigenvalue weighted by Gasteiger charge is 2.13. The van der Waals surface area contributed by atoms with Crippen LogP contribution in [-0.4, -0.2) is 29.4 Å². The molecule has 0 aromatic heterocycles. The molecule has 0 spiro atoms. The minimum Gasteiger partial charge on any atom is -0.481 e. The number of carbonyl (C=O) groups is 3. The van der Waals surface area contributed by atoms with Crippen LogP contribution in [0.1, 0.15) is 22.3 Å². The number of benzene rings is 2. The van der Waals surface area contributed by atoms with Crippen LogP contribution in [0.5, 0.6) is 0 Å². The largest absolute Gasteiger partial charge is 0.481 e. The molecular formula is C21H20N2O4. The number of nitrogens with one attached hydrogen (secondary N) is 2. The van der Waals surface area contributed by atoms with Gasteiger partial charge in [-0.15, -0.1) is 0 Å². The zero-order valence-electron chi connectivity index (χ0n) is 14.6. The fraction of sp³-hybridized carbons (Fsp3) is 0.0952. The molecule has 0 bridgehead atoms. The summed E-state index contributed by atoms with van der Waals surface area (Å²) in [5.74, 6) is -2.00. The normalized spacial score (nSPS) is 11.2. The molecule has 0 heterocycles. The molecule has 6 nitrogen and oxygen atoms in total. The zero-order valence-corrected chi connectivity index (χ0v) is 14.6. The Morgan fingerprint density at radius 3 is 2.19 bits per heavy atom. The van der Waals surface area contributed by atoms with Crippen molar-refractivity contribution in [1.82, 2.24) is 10.6 Å². The van der Waals surface area contributed by atoms with Crippen molar-refractivity contribution in [3.8, 4) is 0 Å². The summed E-state index contributed by atoms with van der Waals surface area (Å²) in [6.45, 7) is -0.0326. The molecule has 0 aliphatic rings. The Morgan fingerprint density at radius 2 is 1.56 bits per heavy atom. The van der Waals surface area contributed by atoms with Gasteiger partial charge in [0.25, 0.3) is 11.8 Å². The summed E-state index contributed by atoms with van der Waals surface area (Å²) in [7, 11) is 0. The van der Waals surface area contributed by atoms with Crippen molar-refractivity contribution < 1.29 is 19.5 Å². The number of amides is 2. The molecule has 2 amide bonds. The number of hydrogen-bond donors (Lipinski definition) is 3. The minimum absolute atomic E-state index is 0.0291. The average molecular weight is 364 g/mol. The fourth-order valence-corrected chi connectivity index (χ4v) is 2.16. The van der Waals surface area contributed by atoms with E-state index < -0.39 is 17.8 Å². The second kappa shape index (κ2) is 10.4. The maximum Gasteiger partial charge on any atom is 0.305 e. The van der Waals surface area contributed by atoms with Gasteiger partial charge in [0.15, 0.2) is 0 Å². The van der Waals surface area contributed by atoms with E-state index in [1.807, 2.05) is 30.3 Å². The molecule has 2 aromatic carbocycles.